The minimum absolute atomic E-state index is 0.0833. The van der Waals surface area contributed by atoms with Crippen LogP contribution in [0, 0.1) is 28.6 Å². The lowest BCUT2D eigenvalue weighted by Gasteiger charge is -2.39. The van der Waals surface area contributed by atoms with Crippen molar-refractivity contribution in [1.29, 1.82) is 0 Å². The van der Waals surface area contributed by atoms with E-state index in [2.05, 4.69) is 41.7 Å². The number of hydrogen-bond donors (Lipinski definition) is 5. The van der Waals surface area contributed by atoms with Crippen LogP contribution in [0.4, 0.5) is 4.79 Å². The van der Waals surface area contributed by atoms with Crippen LogP contribution in [0.2, 0.25) is 0 Å². The van der Waals surface area contributed by atoms with Gasteiger partial charge in [0.2, 0.25) is 11.8 Å². The van der Waals surface area contributed by atoms with E-state index in [9.17, 15) is 32.7 Å². The molecule has 13 heteroatoms. The summed E-state index contributed by atoms with van der Waals surface area (Å²) >= 11 is 0. The number of fused-ring (bicyclic) bond motifs is 1. The van der Waals surface area contributed by atoms with Gasteiger partial charge in [0.15, 0.2) is 15.9 Å². The van der Waals surface area contributed by atoms with Gasteiger partial charge in [0.1, 0.15) is 12.1 Å². The predicted octanol–water partition coefficient (Wildman–Crippen LogP) is 2.66. The molecule has 3 aliphatic carbocycles. The molecule has 5 amide bonds. The zero-order valence-electron chi connectivity index (χ0n) is 30.1. The van der Waals surface area contributed by atoms with Crippen molar-refractivity contribution < 1.29 is 32.7 Å². The SMILES string of the molecule is C=CCNC(=O)C(O)C(CC1CC1)NC(=O)[C@@H]1[C@@H]2[C@H](CN1C(=O)[C@@H](NC(=O)N[C@H]1CCCC[C@H]1S(=O)(=O)C(C)(C)C)C(C)(C)C)C2(C)C. The fraction of sp³-hybridized carbons (Fsp3) is 0.829. The third-order valence-corrected chi connectivity index (χ3v) is 14.2. The van der Waals surface area contributed by atoms with Gasteiger partial charge in [-0.1, -0.05) is 66.4 Å². The van der Waals surface area contributed by atoms with Gasteiger partial charge in [-0.2, -0.15) is 0 Å². The van der Waals surface area contributed by atoms with E-state index in [1.54, 1.807) is 25.7 Å². The number of likely N-dealkylation sites (tertiary alicyclic amines) is 1. The fourth-order valence-electron chi connectivity index (χ4n) is 7.76. The summed E-state index contributed by atoms with van der Waals surface area (Å²) in [6, 6.07) is -3.86. The molecule has 8 atom stereocenters. The first kappa shape index (κ1) is 38.1. The van der Waals surface area contributed by atoms with E-state index in [1.165, 1.54) is 6.08 Å². The van der Waals surface area contributed by atoms with Crippen molar-refractivity contribution in [2.24, 2.45) is 28.6 Å². The van der Waals surface area contributed by atoms with Gasteiger partial charge >= 0.3 is 6.03 Å². The van der Waals surface area contributed by atoms with Crippen molar-refractivity contribution in [2.45, 2.75) is 141 Å². The van der Waals surface area contributed by atoms with Crippen LogP contribution >= 0.6 is 0 Å². The largest absolute Gasteiger partial charge is 0.381 e. The number of aliphatic hydroxyl groups is 1. The lowest BCUT2D eigenvalue weighted by Crippen LogP contribution is -2.63. The van der Waals surface area contributed by atoms with Crippen molar-refractivity contribution >= 4 is 33.6 Å². The first-order chi connectivity index (χ1) is 22.1. The number of piperidine rings is 1. The molecule has 272 valence electrons. The van der Waals surface area contributed by atoms with Crippen molar-refractivity contribution in [3.8, 4) is 0 Å². The summed E-state index contributed by atoms with van der Waals surface area (Å²) in [5.41, 5.74) is -0.920. The summed E-state index contributed by atoms with van der Waals surface area (Å²) in [6.07, 6.45) is 4.96. The molecule has 1 saturated heterocycles. The topological polar surface area (TPSA) is 174 Å². The molecule has 1 aliphatic heterocycles. The maximum Gasteiger partial charge on any atom is 0.315 e. The summed E-state index contributed by atoms with van der Waals surface area (Å²) in [7, 11) is -3.55. The summed E-state index contributed by atoms with van der Waals surface area (Å²) < 4.78 is 25.8. The summed E-state index contributed by atoms with van der Waals surface area (Å²) in [5, 5.41) is 21.5. The zero-order valence-corrected chi connectivity index (χ0v) is 30.9. The highest BCUT2D eigenvalue weighted by atomic mass is 32.2. The standard InChI is InChI=1S/C35H59N5O7S/c1-10-17-36-30(43)27(41)23(18-20-15-16-20)37-29(42)26-25-21(35(25,8)9)19-40(26)31(44)28(33(2,3)4)39-32(45)38-22-13-11-12-14-24(22)48(46,47)34(5,6)7/h10,20-28,41H,1,11-19H2,2-9H3,(H,36,43)(H,37,42)(H2,38,39,45)/t21-,22-,23?,24+,25-,26-,27?,28+/m0/s1. The van der Waals surface area contributed by atoms with Gasteiger partial charge in [0.05, 0.1) is 16.0 Å². The van der Waals surface area contributed by atoms with Crippen LogP contribution in [0.1, 0.15) is 100 Å². The number of sulfone groups is 1. The van der Waals surface area contributed by atoms with E-state index in [0.717, 1.165) is 25.7 Å². The fourth-order valence-corrected chi connectivity index (χ4v) is 9.79. The van der Waals surface area contributed by atoms with Crippen LogP contribution in [0.25, 0.3) is 0 Å². The molecule has 4 fully saturated rings. The van der Waals surface area contributed by atoms with Gasteiger partial charge in [-0.3, -0.25) is 14.4 Å². The van der Waals surface area contributed by atoms with Crippen LogP contribution in [0.3, 0.4) is 0 Å². The zero-order chi connectivity index (χ0) is 36.0. The van der Waals surface area contributed by atoms with E-state index in [4.69, 9.17) is 0 Å². The van der Waals surface area contributed by atoms with Crippen molar-refractivity contribution in [1.82, 2.24) is 26.2 Å². The van der Waals surface area contributed by atoms with Crippen molar-refractivity contribution in [3.05, 3.63) is 12.7 Å². The third-order valence-electron chi connectivity index (χ3n) is 11.1. The Morgan fingerprint density at radius 2 is 1.62 bits per heavy atom. The number of urea groups is 1. The smallest absolute Gasteiger partial charge is 0.315 e. The highest BCUT2D eigenvalue weighted by Gasteiger charge is 2.70. The normalized spacial score (nSPS) is 28.7. The van der Waals surface area contributed by atoms with Gasteiger partial charge in [-0.15, -0.1) is 6.58 Å². The third kappa shape index (κ3) is 8.03. The summed E-state index contributed by atoms with van der Waals surface area (Å²) in [6.45, 7) is 18.8. The van der Waals surface area contributed by atoms with Crippen LogP contribution < -0.4 is 21.3 Å². The first-order valence-electron chi connectivity index (χ1n) is 17.6. The second kappa shape index (κ2) is 13.9. The second-order valence-electron chi connectivity index (χ2n) is 17.2. The maximum atomic E-state index is 14.4. The lowest BCUT2D eigenvalue weighted by molar-refractivity contribution is -0.144. The molecule has 0 aromatic heterocycles. The Kier molecular flexibility index (Phi) is 11.1. The summed E-state index contributed by atoms with van der Waals surface area (Å²) in [4.78, 5) is 56.2. The van der Waals surface area contributed by atoms with Crippen molar-refractivity contribution in [2.75, 3.05) is 13.1 Å². The number of nitrogens with one attached hydrogen (secondary N) is 4. The molecule has 12 nitrogen and oxygen atoms in total. The van der Waals surface area contributed by atoms with Gasteiger partial charge in [-0.05, 0) is 68.6 Å². The number of carbonyl (C=O) groups excluding carboxylic acids is 4. The molecule has 0 spiro atoms. The Hall–Kier alpha value is -2.67. The molecule has 0 bridgehead atoms. The van der Waals surface area contributed by atoms with Gasteiger partial charge < -0.3 is 31.3 Å². The molecular formula is C35H59N5O7S. The molecule has 0 radical (unpaired) electrons. The number of hydrogen-bond acceptors (Lipinski definition) is 7. The van der Waals surface area contributed by atoms with Crippen LogP contribution in [-0.2, 0) is 24.2 Å². The Morgan fingerprint density at radius 3 is 2.19 bits per heavy atom. The van der Waals surface area contributed by atoms with Crippen molar-refractivity contribution in [3.63, 3.8) is 0 Å². The number of aliphatic hydroxyl groups excluding tert-OH is 1. The average molecular weight is 694 g/mol. The molecule has 5 N–H and O–H groups in total. The lowest BCUT2D eigenvalue weighted by atomic mass is 9.85. The molecule has 3 saturated carbocycles. The van der Waals surface area contributed by atoms with Crippen LogP contribution in [0.15, 0.2) is 12.7 Å². The van der Waals surface area contributed by atoms with Gasteiger partial charge in [0.25, 0.3) is 5.91 Å². The molecule has 4 aliphatic rings. The molecule has 0 aromatic rings. The number of rotatable bonds is 12. The number of amides is 5. The molecule has 0 aromatic carbocycles. The average Bonchev–Trinajstić information content (AvgIpc) is 3.84. The molecule has 4 rings (SSSR count). The molecule has 48 heavy (non-hydrogen) atoms. The van der Waals surface area contributed by atoms with E-state index in [0.29, 0.717) is 31.7 Å². The molecular weight excluding hydrogens is 634 g/mol. The minimum atomic E-state index is -3.55. The minimum Gasteiger partial charge on any atom is -0.381 e. The predicted molar refractivity (Wildman–Crippen MR) is 184 cm³/mol. The maximum absolute atomic E-state index is 14.4. The Labute approximate surface area is 286 Å². The monoisotopic (exact) mass is 693 g/mol. The van der Waals surface area contributed by atoms with E-state index in [-0.39, 0.29) is 23.8 Å². The number of nitrogens with zero attached hydrogens (tertiary/aromatic N) is 1. The molecule has 1 heterocycles. The van der Waals surface area contributed by atoms with Crippen LogP contribution in [-0.4, -0.2) is 95.5 Å². The Morgan fingerprint density at radius 1 is 1.00 bits per heavy atom. The number of carbonyl (C=O) groups is 4. The highest BCUT2D eigenvalue weighted by Crippen LogP contribution is 2.65. The van der Waals surface area contributed by atoms with Gasteiger partial charge in [0, 0.05) is 19.1 Å². The molecule has 2 unspecified atom stereocenters. The van der Waals surface area contributed by atoms with E-state index >= 15 is 0 Å². The quantitative estimate of drug-likeness (QED) is 0.196. The Balaban J connectivity index is 1.52. The van der Waals surface area contributed by atoms with E-state index in [1.807, 2.05) is 20.8 Å². The highest BCUT2D eigenvalue weighted by molar-refractivity contribution is 7.93. The van der Waals surface area contributed by atoms with Gasteiger partial charge in [-0.25, -0.2) is 13.2 Å². The first-order valence-corrected chi connectivity index (χ1v) is 19.2. The van der Waals surface area contributed by atoms with E-state index < -0.39 is 79.3 Å². The summed E-state index contributed by atoms with van der Waals surface area (Å²) in [5.74, 6) is -1.14. The Bertz CT molecular complexity index is 1360. The van der Waals surface area contributed by atoms with Crippen LogP contribution in [0.5, 0.6) is 0 Å². The second-order valence-corrected chi connectivity index (χ2v) is 20.1.